The Morgan fingerprint density at radius 1 is 1.15 bits per heavy atom. The minimum Gasteiger partial charge on any atom is -0.315 e. The van der Waals surface area contributed by atoms with Crippen molar-refractivity contribution < 1.29 is 0 Å². The highest BCUT2D eigenvalue weighted by Gasteiger charge is 2.14. The normalized spacial score (nSPS) is 11.3. The van der Waals surface area contributed by atoms with Gasteiger partial charge in [-0.15, -0.1) is 11.3 Å². The van der Waals surface area contributed by atoms with Gasteiger partial charge in [0.25, 0.3) is 0 Å². The summed E-state index contributed by atoms with van der Waals surface area (Å²) in [6, 6.07) is 6.75. The van der Waals surface area contributed by atoms with Crippen molar-refractivity contribution in [3.8, 4) is 0 Å². The topological polar surface area (TPSA) is 24.9 Å². The molecule has 2 nitrogen and oxygen atoms in total. The van der Waals surface area contributed by atoms with E-state index in [1.165, 1.54) is 32.3 Å². The van der Waals surface area contributed by atoms with E-state index in [2.05, 4.69) is 51.2 Å². The molecule has 0 aliphatic carbocycles. The van der Waals surface area contributed by atoms with Gasteiger partial charge in [-0.25, -0.2) is 4.98 Å². The van der Waals surface area contributed by atoms with Gasteiger partial charge in [0.15, 0.2) is 0 Å². The van der Waals surface area contributed by atoms with Crippen LogP contribution in [0.3, 0.4) is 0 Å². The van der Waals surface area contributed by atoms with Crippen LogP contribution >= 0.6 is 11.3 Å². The van der Waals surface area contributed by atoms with E-state index in [0.29, 0.717) is 5.92 Å². The van der Waals surface area contributed by atoms with Gasteiger partial charge in [-0.1, -0.05) is 43.2 Å². The monoisotopic (exact) mass is 288 g/mol. The lowest BCUT2D eigenvalue weighted by Gasteiger charge is -2.04. The molecule has 0 bridgehead atoms. The van der Waals surface area contributed by atoms with Crippen molar-refractivity contribution >= 4 is 11.3 Å². The van der Waals surface area contributed by atoms with Crippen LogP contribution in [0.15, 0.2) is 18.2 Å². The molecular formula is C17H24N2S. The molecule has 0 aliphatic heterocycles. The second kappa shape index (κ2) is 6.51. The molecular weight excluding hydrogens is 264 g/mol. The van der Waals surface area contributed by atoms with Gasteiger partial charge in [0.2, 0.25) is 0 Å². The van der Waals surface area contributed by atoms with Gasteiger partial charge < -0.3 is 5.32 Å². The molecule has 20 heavy (non-hydrogen) atoms. The molecule has 1 aromatic heterocycles. The smallest absolute Gasteiger partial charge is 0.0975 e. The van der Waals surface area contributed by atoms with Gasteiger partial charge in [0.05, 0.1) is 10.7 Å². The third kappa shape index (κ3) is 3.68. The summed E-state index contributed by atoms with van der Waals surface area (Å²) in [6.45, 7) is 9.66. The van der Waals surface area contributed by atoms with Crippen molar-refractivity contribution in [2.45, 2.75) is 46.6 Å². The Labute approximate surface area is 126 Å². The average Bonchev–Trinajstić information content (AvgIpc) is 2.71. The summed E-state index contributed by atoms with van der Waals surface area (Å²) in [6.07, 6.45) is 0.941. The highest BCUT2D eigenvalue weighted by atomic mass is 32.1. The first-order valence-corrected chi connectivity index (χ1v) is 8.01. The number of nitrogens with one attached hydrogen (secondary N) is 1. The third-order valence-electron chi connectivity index (χ3n) is 3.29. The summed E-state index contributed by atoms with van der Waals surface area (Å²) >= 11 is 1.85. The summed E-state index contributed by atoms with van der Waals surface area (Å²) in [7, 11) is 1.99. The zero-order valence-corrected chi connectivity index (χ0v) is 13.9. The predicted molar refractivity (Wildman–Crippen MR) is 87.7 cm³/mol. The van der Waals surface area contributed by atoms with E-state index in [4.69, 9.17) is 4.98 Å². The van der Waals surface area contributed by atoms with Crippen LogP contribution in [0.5, 0.6) is 0 Å². The molecule has 0 radical (unpaired) electrons. The molecule has 0 unspecified atom stereocenters. The minimum absolute atomic E-state index is 0.489. The van der Waals surface area contributed by atoms with Crippen LogP contribution in [0.1, 0.15) is 52.0 Å². The maximum Gasteiger partial charge on any atom is 0.0975 e. The second-order valence-electron chi connectivity index (χ2n) is 5.77. The molecule has 0 spiro atoms. The van der Waals surface area contributed by atoms with Crippen molar-refractivity contribution in [3.05, 3.63) is 50.5 Å². The van der Waals surface area contributed by atoms with Crippen LogP contribution < -0.4 is 5.32 Å². The van der Waals surface area contributed by atoms with Gasteiger partial charge in [-0.3, -0.25) is 0 Å². The lowest BCUT2D eigenvalue weighted by atomic mass is 10.1. The standard InChI is InChI=1S/C17H24N2S/c1-11(2)17-15(10-18-5)20-16(19-17)9-14-7-12(3)6-13(4)8-14/h6-8,11,18H,9-10H2,1-5H3. The van der Waals surface area contributed by atoms with E-state index in [9.17, 15) is 0 Å². The zero-order valence-electron chi connectivity index (χ0n) is 13.1. The van der Waals surface area contributed by atoms with E-state index in [-0.39, 0.29) is 0 Å². The lowest BCUT2D eigenvalue weighted by Crippen LogP contribution is -2.06. The molecule has 0 saturated carbocycles. The predicted octanol–water partition coefficient (Wildman–Crippen LogP) is 4.19. The maximum atomic E-state index is 4.86. The zero-order chi connectivity index (χ0) is 14.7. The molecule has 1 heterocycles. The van der Waals surface area contributed by atoms with Gasteiger partial charge in [-0.05, 0) is 32.4 Å². The maximum absolute atomic E-state index is 4.86. The number of aromatic nitrogens is 1. The first-order valence-electron chi connectivity index (χ1n) is 7.20. The summed E-state index contributed by atoms with van der Waals surface area (Å²) in [5.74, 6) is 0.489. The summed E-state index contributed by atoms with van der Waals surface area (Å²) in [4.78, 5) is 6.24. The van der Waals surface area contributed by atoms with Crippen molar-refractivity contribution in [1.29, 1.82) is 0 Å². The number of hydrogen-bond acceptors (Lipinski definition) is 3. The number of rotatable bonds is 5. The van der Waals surface area contributed by atoms with Crippen molar-refractivity contribution in [2.75, 3.05) is 7.05 Å². The van der Waals surface area contributed by atoms with Gasteiger partial charge in [0.1, 0.15) is 0 Å². The highest BCUT2D eigenvalue weighted by molar-refractivity contribution is 7.11. The molecule has 0 aliphatic rings. The van der Waals surface area contributed by atoms with Crippen LogP contribution in [-0.4, -0.2) is 12.0 Å². The van der Waals surface area contributed by atoms with E-state index < -0.39 is 0 Å². The van der Waals surface area contributed by atoms with E-state index in [1.807, 2.05) is 18.4 Å². The van der Waals surface area contributed by atoms with Crippen LogP contribution in [-0.2, 0) is 13.0 Å². The van der Waals surface area contributed by atoms with Gasteiger partial charge >= 0.3 is 0 Å². The molecule has 1 aromatic carbocycles. The number of nitrogens with zero attached hydrogens (tertiary/aromatic N) is 1. The summed E-state index contributed by atoms with van der Waals surface area (Å²) in [5, 5.41) is 4.47. The molecule has 0 amide bonds. The molecule has 2 rings (SSSR count). The van der Waals surface area contributed by atoms with E-state index in [0.717, 1.165) is 13.0 Å². The Morgan fingerprint density at radius 2 is 1.80 bits per heavy atom. The fraction of sp³-hybridized carbons (Fsp3) is 0.471. The Morgan fingerprint density at radius 3 is 2.35 bits per heavy atom. The molecule has 0 saturated heterocycles. The summed E-state index contributed by atoms with van der Waals surface area (Å²) < 4.78 is 0. The van der Waals surface area contributed by atoms with Crippen molar-refractivity contribution in [2.24, 2.45) is 0 Å². The van der Waals surface area contributed by atoms with Crippen molar-refractivity contribution in [3.63, 3.8) is 0 Å². The number of thiazole rings is 1. The van der Waals surface area contributed by atoms with Gasteiger partial charge in [-0.2, -0.15) is 0 Å². The van der Waals surface area contributed by atoms with Crippen LogP contribution in [0.25, 0.3) is 0 Å². The second-order valence-corrected chi connectivity index (χ2v) is 6.94. The molecule has 0 atom stereocenters. The Kier molecular flexibility index (Phi) is 4.95. The number of benzene rings is 1. The van der Waals surface area contributed by atoms with Crippen LogP contribution in [0.2, 0.25) is 0 Å². The quantitative estimate of drug-likeness (QED) is 0.892. The Hall–Kier alpha value is -1.19. The van der Waals surface area contributed by atoms with Crippen LogP contribution in [0, 0.1) is 13.8 Å². The third-order valence-corrected chi connectivity index (χ3v) is 4.36. The highest BCUT2D eigenvalue weighted by Crippen LogP contribution is 2.27. The minimum atomic E-state index is 0.489. The largest absolute Gasteiger partial charge is 0.315 e. The molecule has 1 N–H and O–H groups in total. The summed E-state index contributed by atoms with van der Waals surface area (Å²) in [5.41, 5.74) is 5.28. The molecule has 2 aromatic rings. The van der Waals surface area contributed by atoms with Crippen LogP contribution in [0.4, 0.5) is 0 Å². The van der Waals surface area contributed by atoms with E-state index in [1.54, 1.807) is 0 Å². The molecule has 3 heteroatoms. The SMILES string of the molecule is CNCc1sc(Cc2cc(C)cc(C)c2)nc1C(C)C. The molecule has 0 fully saturated rings. The Balaban J connectivity index is 2.26. The molecule has 108 valence electrons. The first kappa shape index (κ1) is 15.2. The van der Waals surface area contributed by atoms with E-state index >= 15 is 0 Å². The first-order chi connectivity index (χ1) is 9.49. The fourth-order valence-electron chi connectivity index (χ4n) is 2.57. The lowest BCUT2D eigenvalue weighted by molar-refractivity contribution is 0.768. The number of aryl methyl sites for hydroxylation is 2. The Bertz CT molecular complexity index is 564. The number of hydrogen-bond donors (Lipinski definition) is 1. The van der Waals surface area contributed by atoms with Crippen molar-refractivity contribution in [1.82, 2.24) is 10.3 Å². The van der Waals surface area contributed by atoms with Gasteiger partial charge in [0, 0.05) is 17.8 Å². The fourth-order valence-corrected chi connectivity index (χ4v) is 3.84. The average molecular weight is 288 g/mol.